The predicted octanol–water partition coefficient (Wildman–Crippen LogP) is 3.03. The van der Waals surface area contributed by atoms with Crippen molar-refractivity contribution in [1.82, 2.24) is 0 Å². The van der Waals surface area contributed by atoms with Crippen molar-refractivity contribution in [3.8, 4) is 6.07 Å². The molecule has 0 aromatic heterocycles. The highest BCUT2D eigenvalue weighted by Gasteiger charge is 2.17. The van der Waals surface area contributed by atoms with Gasteiger partial charge in [0.1, 0.15) is 6.07 Å². The van der Waals surface area contributed by atoms with E-state index in [1.807, 2.05) is 0 Å². The summed E-state index contributed by atoms with van der Waals surface area (Å²) in [6.45, 7) is 4.97. The summed E-state index contributed by atoms with van der Waals surface area (Å²) in [4.78, 5) is 0. The third-order valence-corrected chi connectivity index (χ3v) is 2.88. The second-order valence-corrected chi connectivity index (χ2v) is 5.23. The molecule has 17 heavy (non-hydrogen) atoms. The van der Waals surface area contributed by atoms with Crippen molar-refractivity contribution < 1.29 is 5.11 Å². The van der Waals surface area contributed by atoms with E-state index in [2.05, 4.69) is 25.2 Å². The zero-order valence-corrected chi connectivity index (χ0v) is 10.9. The highest BCUT2D eigenvalue weighted by Crippen LogP contribution is 2.24. The van der Waals surface area contributed by atoms with Crippen molar-refractivity contribution in [2.24, 2.45) is 5.41 Å². The molecule has 0 unspecified atom stereocenters. The largest absolute Gasteiger partial charge is 0.396 e. The van der Waals surface area contributed by atoms with E-state index in [0.717, 1.165) is 5.69 Å². The first-order valence-corrected chi connectivity index (χ1v) is 5.91. The first-order valence-electron chi connectivity index (χ1n) is 5.53. The van der Waals surface area contributed by atoms with Gasteiger partial charge in [0.15, 0.2) is 0 Å². The molecule has 0 aliphatic heterocycles. The molecule has 92 valence electrons. The summed E-state index contributed by atoms with van der Waals surface area (Å²) < 4.78 is 0. The Kier molecular flexibility index (Phi) is 4.80. The van der Waals surface area contributed by atoms with E-state index in [4.69, 9.17) is 22.0 Å². The molecule has 0 amide bonds. The first-order chi connectivity index (χ1) is 7.98. The number of aliphatic hydroxyl groups excluding tert-OH is 1. The lowest BCUT2D eigenvalue weighted by Crippen LogP contribution is -2.24. The number of rotatable bonds is 5. The quantitative estimate of drug-likeness (QED) is 0.847. The number of nitriles is 1. The van der Waals surface area contributed by atoms with E-state index in [-0.39, 0.29) is 12.0 Å². The molecule has 0 spiro atoms. The van der Waals surface area contributed by atoms with Crippen LogP contribution in [0.1, 0.15) is 25.8 Å². The van der Waals surface area contributed by atoms with Crippen molar-refractivity contribution in [1.29, 1.82) is 5.26 Å². The van der Waals surface area contributed by atoms with Crippen molar-refractivity contribution in [3.63, 3.8) is 0 Å². The van der Waals surface area contributed by atoms with E-state index >= 15 is 0 Å². The fourth-order valence-corrected chi connectivity index (χ4v) is 1.66. The topological polar surface area (TPSA) is 56.0 Å². The standard InChI is InChI=1S/C13H17ClN2O/c1-13(2,5-6-17)9-16-12-7-11(14)4-3-10(12)8-15/h3-4,7,16-17H,5-6,9H2,1-2H3. The Hall–Kier alpha value is -1.24. The van der Waals surface area contributed by atoms with Gasteiger partial charge in [0, 0.05) is 18.2 Å². The molecule has 0 bridgehead atoms. The summed E-state index contributed by atoms with van der Waals surface area (Å²) >= 11 is 5.90. The number of benzene rings is 1. The average Bonchev–Trinajstić information content (AvgIpc) is 2.27. The smallest absolute Gasteiger partial charge is 0.101 e. The van der Waals surface area contributed by atoms with Gasteiger partial charge in [0.05, 0.1) is 11.3 Å². The maximum atomic E-state index is 8.97. The average molecular weight is 253 g/mol. The lowest BCUT2D eigenvalue weighted by molar-refractivity contribution is 0.220. The molecule has 0 fully saturated rings. The molecule has 0 radical (unpaired) electrons. The molecule has 0 heterocycles. The molecule has 0 atom stereocenters. The van der Waals surface area contributed by atoms with Gasteiger partial charge in [0.2, 0.25) is 0 Å². The Morgan fingerprint density at radius 1 is 1.47 bits per heavy atom. The van der Waals surface area contributed by atoms with Crippen molar-refractivity contribution >= 4 is 17.3 Å². The fraction of sp³-hybridized carbons (Fsp3) is 0.462. The SMILES string of the molecule is CC(C)(CCO)CNc1cc(Cl)ccc1C#N. The van der Waals surface area contributed by atoms with Gasteiger partial charge in [-0.25, -0.2) is 0 Å². The third-order valence-electron chi connectivity index (χ3n) is 2.65. The van der Waals surface area contributed by atoms with Crippen LogP contribution in [0.2, 0.25) is 5.02 Å². The second kappa shape index (κ2) is 5.90. The molecular weight excluding hydrogens is 236 g/mol. The summed E-state index contributed by atoms with van der Waals surface area (Å²) in [6.07, 6.45) is 0.711. The van der Waals surface area contributed by atoms with Crippen LogP contribution in [0.4, 0.5) is 5.69 Å². The molecule has 0 aliphatic rings. The first kappa shape index (κ1) is 13.8. The molecular formula is C13H17ClN2O. The zero-order chi connectivity index (χ0) is 12.9. The zero-order valence-electron chi connectivity index (χ0n) is 10.1. The van der Waals surface area contributed by atoms with Gasteiger partial charge in [-0.1, -0.05) is 25.4 Å². The van der Waals surface area contributed by atoms with Crippen LogP contribution >= 0.6 is 11.6 Å². The van der Waals surface area contributed by atoms with Gasteiger partial charge in [-0.2, -0.15) is 5.26 Å². The van der Waals surface area contributed by atoms with E-state index in [1.165, 1.54) is 0 Å². The maximum absolute atomic E-state index is 8.97. The number of hydrogen-bond donors (Lipinski definition) is 2. The van der Waals surface area contributed by atoms with Crippen LogP contribution in [0.3, 0.4) is 0 Å². The van der Waals surface area contributed by atoms with Crippen LogP contribution < -0.4 is 5.32 Å². The van der Waals surface area contributed by atoms with Gasteiger partial charge >= 0.3 is 0 Å². The second-order valence-electron chi connectivity index (χ2n) is 4.79. The monoisotopic (exact) mass is 252 g/mol. The molecule has 0 aliphatic carbocycles. The maximum Gasteiger partial charge on any atom is 0.101 e. The van der Waals surface area contributed by atoms with Gasteiger partial charge < -0.3 is 10.4 Å². The normalized spacial score (nSPS) is 11.0. The minimum Gasteiger partial charge on any atom is -0.396 e. The molecule has 4 heteroatoms. The molecule has 1 rings (SSSR count). The summed E-state index contributed by atoms with van der Waals surface area (Å²) in [5.74, 6) is 0. The van der Waals surface area contributed by atoms with Crippen LogP contribution in [0.15, 0.2) is 18.2 Å². The Bertz CT molecular complexity index is 424. The number of nitrogens with one attached hydrogen (secondary N) is 1. The summed E-state index contributed by atoms with van der Waals surface area (Å²) in [7, 11) is 0. The molecule has 1 aromatic rings. The molecule has 0 saturated carbocycles. The van der Waals surface area contributed by atoms with Gasteiger partial charge in [-0.15, -0.1) is 0 Å². The summed E-state index contributed by atoms with van der Waals surface area (Å²) in [5.41, 5.74) is 1.30. The van der Waals surface area contributed by atoms with Crippen molar-refractivity contribution in [2.45, 2.75) is 20.3 Å². The lowest BCUT2D eigenvalue weighted by Gasteiger charge is -2.24. The van der Waals surface area contributed by atoms with Gasteiger partial charge in [-0.3, -0.25) is 0 Å². The summed E-state index contributed by atoms with van der Waals surface area (Å²) in [6, 6.07) is 7.26. The Balaban J connectivity index is 2.75. The minimum absolute atomic E-state index is 0.0240. The molecule has 2 N–H and O–H groups in total. The Labute approximate surface area is 107 Å². The van der Waals surface area contributed by atoms with Crippen LogP contribution in [0.25, 0.3) is 0 Å². The highest BCUT2D eigenvalue weighted by atomic mass is 35.5. The number of hydrogen-bond acceptors (Lipinski definition) is 3. The van der Waals surface area contributed by atoms with E-state index in [0.29, 0.717) is 23.6 Å². The number of nitrogens with zero attached hydrogens (tertiary/aromatic N) is 1. The van der Waals surface area contributed by atoms with Crippen LogP contribution in [0, 0.1) is 16.7 Å². The highest BCUT2D eigenvalue weighted by molar-refractivity contribution is 6.30. The number of halogens is 1. The Morgan fingerprint density at radius 3 is 2.76 bits per heavy atom. The van der Waals surface area contributed by atoms with Crippen LogP contribution in [-0.2, 0) is 0 Å². The number of anilines is 1. The minimum atomic E-state index is -0.0240. The fourth-order valence-electron chi connectivity index (χ4n) is 1.49. The molecule has 0 saturated heterocycles. The lowest BCUT2D eigenvalue weighted by atomic mass is 9.89. The van der Waals surface area contributed by atoms with Gasteiger partial charge in [0.25, 0.3) is 0 Å². The van der Waals surface area contributed by atoms with Crippen molar-refractivity contribution in [2.75, 3.05) is 18.5 Å². The molecule has 3 nitrogen and oxygen atoms in total. The molecule has 1 aromatic carbocycles. The predicted molar refractivity (Wildman–Crippen MR) is 70.1 cm³/mol. The van der Waals surface area contributed by atoms with E-state index in [9.17, 15) is 0 Å². The van der Waals surface area contributed by atoms with E-state index in [1.54, 1.807) is 18.2 Å². The summed E-state index contributed by atoms with van der Waals surface area (Å²) in [5, 5.41) is 21.7. The Morgan fingerprint density at radius 2 is 2.18 bits per heavy atom. The van der Waals surface area contributed by atoms with Crippen LogP contribution in [-0.4, -0.2) is 18.3 Å². The third kappa shape index (κ3) is 4.26. The van der Waals surface area contributed by atoms with Crippen molar-refractivity contribution in [3.05, 3.63) is 28.8 Å². The number of aliphatic hydroxyl groups is 1. The van der Waals surface area contributed by atoms with Gasteiger partial charge in [-0.05, 0) is 30.0 Å². The van der Waals surface area contributed by atoms with E-state index < -0.39 is 0 Å². The van der Waals surface area contributed by atoms with Crippen LogP contribution in [0.5, 0.6) is 0 Å².